The van der Waals surface area contributed by atoms with E-state index in [1.54, 1.807) is 35.2 Å². The van der Waals surface area contributed by atoms with E-state index in [0.29, 0.717) is 30.1 Å². The van der Waals surface area contributed by atoms with Gasteiger partial charge in [-0.15, -0.1) is 0 Å². The Kier molecular flexibility index (Phi) is 6.55. The fourth-order valence-corrected chi connectivity index (χ4v) is 5.00. The predicted octanol–water partition coefficient (Wildman–Crippen LogP) is 3.77. The third-order valence-electron chi connectivity index (χ3n) is 5.79. The monoisotopic (exact) mass is 465 g/mol. The zero-order valence-corrected chi connectivity index (χ0v) is 19.5. The van der Waals surface area contributed by atoms with Crippen LogP contribution in [0.1, 0.15) is 15.9 Å². The molecule has 4 rings (SSSR count). The molecule has 172 valence electrons. The Morgan fingerprint density at radius 2 is 1.58 bits per heavy atom. The second-order valence-corrected chi connectivity index (χ2v) is 9.58. The molecule has 0 atom stereocenters. The number of sulfonamides is 1. The highest BCUT2D eigenvalue weighted by Gasteiger charge is 2.25. The van der Waals surface area contributed by atoms with Crippen molar-refractivity contribution in [2.45, 2.75) is 11.8 Å². The zero-order valence-electron chi connectivity index (χ0n) is 18.7. The number of aryl methyl sites for hydroxylation is 1. The number of carbonyl (C=O) groups excluding carboxylic acids is 1. The van der Waals surface area contributed by atoms with Gasteiger partial charge in [0.05, 0.1) is 17.7 Å². The molecule has 7 nitrogen and oxygen atoms in total. The van der Waals surface area contributed by atoms with Gasteiger partial charge in [-0.1, -0.05) is 36.4 Å². The summed E-state index contributed by atoms with van der Waals surface area (Å²) in [5, 5.41) is 0. The molecule has 3 aromatic carbocycles. The van der Waals surface area contributed by atoms with Crippen LogP contribution in [-0.4, -0.2) is 52.5 Å². The number of methoxy groups -OCH3 is 1. The standard InChI is InChI=1S/C25H27N3O4S/c1-19-12-13-21(33(30,31)26-23-10-6-7-11-24(23)32-2)18-22(19)25(29)28-16-14-27(15-17-28)20-8-4-3-5-9-20/h3-13,18,26H,14-17H2,1-2H3. The van der Waals surface area contributed by atoms with Crippen LogP contribution in [0.25, 0.3) is 0 Å². The van der Waals surface area contributed by atoms with Crippen molar-refractivity contribution in [1.29, 1.82) is 0 Å². The molecule has 0 saturated carbocycles. The van der Waals surface area contributed by atoms with E-state index in [2.05, 4.69) is 21.8 Å². The Morgan fingerprint density at radius 1 is 0.909 bits per heavy atom. The number of para-hydroxylation sites is 3. The second-order valence-electron chi connectivity index (χ2n) is 7.90. The van der Waals surface area contributed by atoms with Crippen LogP contribution in [0.5, 0.6) is 5.75 Å². The van der Waals surface area contributed by atoms with Gasteiger partial charge in [-0.2, -0.15) is 0 Å². The highest BCUT2D eigenvalue weighted by atomic mass is 32.2. The maximum absolute atomic E-state index is 13.3. The normalized spacial score (nSPS) is 14.1. The van der Waals surface area contributed by atoms with Crippen molar-refractivity contribution >= 4 is 27.3 Å². The average molecular weight is 466 g/mol. The number of hydrogen-bond donors (Lipinski definition) is 1. The molecular weight excluding hydrogens is 438 g/mol. The van der Waals surface area contributed by atoms with Crippen LogP contribution in [0.2, 0.25) is 0 Å². The first-order chi connectivity index (χ1) is 15.9. The fraction of sp³-hybridized carbons (Fsp3) is 0.240. The van der Waals surface area contributed by atoms with Crippen molar-refractivity contribution in [3.05, 3.63) is 83.9 Å². The van der Waals surface area contributed by atoms with Crippen LogP contribution < -0.4 is 14.4 Å². The first-order valence-electron chi connectivity index (χ1n) is 10.7. The van der Waals surface area contributed by atoms with Gasteiger partial charge in [0.1, 0.15) is 5.75 Å². The van der Waals surface area contributed by atoms with E-state index in [-0.39, 0.29) is 10.8 Å². The van der Waals surface area contributed by atoms with E-state index < -0.39 is 10.0 Å². The quantitative estimate of drug-likeness (QED) is 0.600. The van der Waals surface area contributed by atoms with Crippen molar-refractivity contribution in [2.75, 3.05) is 42.9 Å². The number of amides is 1. The molecule has 33 heavy (non-hydrogen) atoms. The van der Waals surface area contributed by atoms with Crippen LogP contribution in [0, 0.1) is 6.92 Å². The molecule has 1 fully saturated rings. The second kappa shape index (κ2) is 9.54. The lowest BCUT2D eigenvalue weighted by molar-refractivity contribution is 0.0746. The van der Waals surface area contributed by atoms with Gasteiger partial charge in [0.15, 0.2) is 0 Å². The molecule has 1 heterocycles. The molecule has 1 saturated heterocycles. The first kappa shape index (κ1) is 22.7. The third kappa shape index (κ3) is 4.96. The van der Waals surface area contributed by atoms with Crippen LogP contribution >= 0.6 is 0 Å². The molecule has 1 amide bonds. The summed E-state index contributed by atoms with van der Waals surface area (Å²) >= 11 is 0. The molecule has 0 spiro atoms. The Morgan fingerprint density at radius 3 is 2.27 bits per heavy atom. The Hall–Kier alpha value is -3.52. The van der Waals surface area contributed by atoms with Crippen LogP contribution in [0.15, 0.2) is 77.7 Å². The molecular formula is C25H27N3O4S. The van der Waals surface area contributed by atoms with E-state index >= 15 is 0 Å². The number of ether oxygens (including phenoxy) is 1. The molecule has 0 aliphatic carbocycles. The summed E-state index contributed by atoms with van der Waals surface area (Å²) in [4.78, 5) is 17.3. The molecule has 1 N–H and O–H groups in total. The molecule has 1 aliphatic heterocycles. The van der Waals surface area contributed by atoms with Gasteiger partial charge in [0, 0.05) is 37.4 Å². The smallest absolute Gasteiger partial charge is 0.262 e. The topological polar surface area (TPSA) is 78.9 Å². The Balaban J connectivity index is 1.52. The number of hydrogen-bond acceptors (Lipinski definition) is 5. The highest BCUT2D eigenvalue weighted by Crippen LogP contribution is 2.27. The number of benzene rings is 3. The van der Waals surface area contributed by atoms with Crippen LogP contribution in [0.3, 0.4) is 0 Å². The van der Waals surface area contributed by atoms with Crippen molar-refractivity contribution in [1.82, 2.24) is 4.90 Å². The SMILES string of the molecule is COc1ccccc1NS(=O)(=O)c1ccc(C)c(C(=O)N2CCN(c3ccccc3)CC2)c1. The van der Waals surface area contributed by atoms with Crippen molar-refractivity contribution in [2.24, 2.45) is 0 Å². The summed E-state index contributed by atoms with van der Waals surface area (Å²) in [5.74, 6) is 0.260. The molecule has 0 bridgehead atoms. The van der Waals surface area contributed by atoms with Crippen molar-refractivity contribution in [3.63, 3.8) is 0 Å². The maximum Gasteiger partial charge on any atom is 0.262 e. The zero-order chi connectivity index (χ0) is 23.4. The van der Waals surface area contributed by atoms with E-state index in [4.69, 9.17) is 4.74 Å². The fourth-order valence-electron chi connectivity index (χ4n) is 3.91. The van der Waals surface area contributed by atoms with Crippen molar-refractivity contribution in [3.8, 4) is 5.75 Å². The molecule has 8 heteroatoms. The highest BCUT2D eigenvalue weighted by molar-refractivity contribution is 7.92. The molecule has 3 aromatic rings. The number of nitrogens with zero attached hydrogens (tertiary/aromatic N) is 2. The van der Waals surface area contributed by atoms with Gasteiger partial charge in [-0.25, -0.2) is 8.42 Å². The summed E-state index contributed by atoms with van der Waals surface area (Å²) in [6, 6.07) is 21.5. The number of carbonyl (C=O) groups is 1. The lowest BCUT2D eigenvalue weighted by Crippen LogP contribution is -2.49. The van der Waals surface area contributed by atoms with Crippen LogP contribution in [-0.2, 0) is 10.0 Å². The summed E-state index contributed by atoms with van der Waals surface area (Å²) in [5.41, 5.74) is 2.61. The van der Waals surface area contributed by atoms with E-state index in [9.17, 15) is 13.2 Å². The predicted molar refractivity (Wildman–Crippen MR) is 130 cm³/mol. The van der Waals surface area contributed by atoms with Gasteiger partial charge in [-0.3, -0.25) is 9.52 Å². The van der Waals surface area contributed by atoms with Gasteiger partial charge in [-0.05, 0) is 48.9 Å². The lowest BCUT2D eigenvalue weighted by Gasteiger charge is -2.36. The molecule has 1 aliphatic rings. The molecule has 0 radical (unpaired) electrons. The number of nitrogens with one attached hydrogen (secondary N) is 1. The van der Waals surface area contributed by atoms with Crippen LogP contribution in [0.4, 0.5) is 11.4 Å². The Bertz CT molecular complexity index is 1240. The lowest BCUT2D eigenvalue weighted by atomic mass is 10.1. The molecule has 0 aromatic heterocycles. The first-order valence-corrected chi connectivity index (χ1v) is 12.2. The van der Waals surface area contributed by atoms with Gasteiger partial charge < -0.3 is 14.5 Å². The largest absolute Gasteiger partial charge is 0.495 e. The van der Waals surface area contributed by atoms with Gasteiger partial charge >= 0.3 is 0 Å². The van der Waals surface area contributed by atoms with E-state index in [1.807, 2.05) is 25.1 Å². The van der Waals surface area contributed by atoms with Gasteiger partial charge in [0.25, 0.3) is 15.9 Å². The number of anilines is 2. The third-order valence-corrected chi connectivity index (χ3v) is 7.15. The number of piperazine rings is 1. The van der Waals surface area contributed by atoms with E-state index in [0.717, 1.165) is 24.3 Å². The van der Waals surface area contributed by atoms with Gasteiger partial charge in [0.2, 0.25) is 0 Å². The Labute approximate surface area is 194 Å². The summed E-state index contributed by atoms with van der Waals surface area (Å²) in [7, 11) is -2.42. The number of rotatable bonds is 6. The summed E-state index contributed by atoms with van der Waals surface area (Å²) in [6.07, 6.45) is 0. The van der Waals surface area contributed by atoms with Crippen molar-refractivity contribution < 1.29 is 17.9 Å². The minimum absolute atomic E-state index is 0.0327. The summed E-state index contributed by atoms with van der Waals surface area (Å²) in [6.45, 7) is 4.41. The summed E-state index contributed by atoms with van der Waals surface area (Å²) < 4.78 is 33.9. The molecule has 0 unspecified atom stereocenters. The maximum atomic E-state index is 13.3. The minimum atomic E-state index is -3.90. The average Bonchev–Trinajstić information content (AvgIpc) is 2.84. The minimum Gasteiger partial charge on any atom is -0.495 e. The van der Waals surface area contributed by atoms with E-state index in [1.165, 1.54) is 19.2 Å².